The van der Waals surface area contributed by atoms with E-state index in [4.69, 9.17) is 4.74 Å². The van der Waals surface area contributed by atoms with Gasteiger partial charge in [0.1, 0.15) is 5.75 Å². The van der Waals surface area contributed by atoms with Gasteiger partial charge in [0.25, 0.3) is 0 Å². The standard InChI is InChI=1S/C28H33BrN4O3/c1-18-7-5-6-8-23(18)36-14-24(34)30-31-25-21-11-19(29)9-10-22(21)33(26(25)35)17-32-16-28(4)13-20(32)12-27(2,3)15-28/h5-11,20,35H,12-17H2,1-4H3/t20-,28-/m0/s1. The number of para-hydroxylation sites is 1. The van der Waals surface area contributed by atoms with Gasteiger partial charge in [-0.25, -0.2) is 0 Å². The summed E-state index contributed by atoms with van der Waals surface area (Å²) in [5.41, 5.74) is 2.71. The number of aromatic hydroxyl groups is 1. The molecule has 5 rings (SSSR count). The molecule has 0 radical (unpaired) electrons. The number of amides is 1. The van der Waals surface area contributed by atoms with Gasteiger partial charge in [0, 0.05) is 22.4 Å². The van der Waals surface area contributed by atoms with Gasteiger partial charge in [0.05, 0.1) is 12.2 Å². The van der Waals surface area contributed by atoms with Crippen molar-refractivity contribution in [2.75, 3.05) is 13.2 Å². The lowest BCUT2D eigenvalue weighted by atomic mass is 9.65. The molecule has 8 heteroatoms. The summed E-state index contributed by atoms with van der Waals surface area (Å²) in [7, 11) is 0. The minimum absolute atomic E-state index is 0.0188. The largest absolute Gasteiger partial charge is 0.493 e. The van der Waals surface area contributed by atoms with E-state index in [1.165, 1.54) is 12.8 Å². The van der Waals surface area contributed by atoms with Crippen LogP contribution < -0.4 is 4.74 Å². The molecule has 1 N–H and O–H groups in total. The zero-order valence-electron chi connectivity index (χ0n) is 21.3. The highest BCUT2D eigenvalue weighted by Crippen LogP contribution is 2.53. The topological polar surface area (TPSA) is 79.4 Å². The van der Waals surface area contributed by atoms with Crippen molar-refractivity contribution in [1.82, 2.24) is 9.47 Å². The molecule has 1 amide bonds. The molecule has 3 aromatic rings. The quantitative estimate of drug-likeness (QED) is 0.335. The van der Waals surface area contributed by atoms with E-state index in [9.17, 15) is 9.90 Å². The Labute approximate surface area is 220 Å². The normalized spacial score (nSPS) is 23.5. The number of likely N-dealkylation sites (tertiary alicyclic amines) is 1. The Morgan fingerprint density at radius 2 is 1.97 bits per heavy atom. The highest BCUT2D eigenvalue weighted by Gasteiger charge is 2.49. The van der Waals surface area contributed by atoms with Crippen molar-refractivity contribution in [3.05, 3.63) is 52.5 Å². The number of nitrogens with zero attached hydrogens (tertiary/aromatic N) is 4. The van der Waals surface area contributed by atoms with Crippen LogP contribution >= 0.6 is 15.9 Å². The Bertz CT molecular complexity index is 1350. The predicted molar refractivity (Wildman–Crippen MR) is 144 cm³/mol. The SMILES string of the molecule is Cc1ccccc1OCC(=O)N=Nc1c(O)n(CN2C[C@@]3(C)C[C@@H]2CC(C)(C)C3)c2ccc(Br)cc12. The lowest BCUT2D eigenvalue weighted by Crippen LogP contribution is -2.35. The number of carbonyl (C=O) groups excluding carboxylic acids is 1. The van der Waals surface area contributed by atoms with Crippen molar-refractivity contribution in [2.24, 2.45) is 21.1 Å². The highest BCUT2D eigenvalue weighted by atomic mass is 79.9. The Balaban J connectivity index is 1.39. The molecule has 1 aromatic heterocycles. The summed E-state index contributed by atoms with van der Waals surface area (Å²) in [5.74, 6) is 0.138. The summed E-state index contributed by atoms with van der Waals surface area (Å²) in [4.78, 5) is 14.9. The first-order chi connectivity index (χ1) is 17.0. The fourth-order valence-corrected chi connectivity index (χ4v) is 6.81. The Morgan fingerprint density at radius 3 is 2.75 bits per heavy atom. The van der Waals surface area contributed by atoms with Gasteiger partial charge >= 0.3 is 5.91 Å². The van der Waals surface area contributed by atoms with Gasteiger partial charge in [-0.1, -0.05) is 54.9 Å². The number of benzene rings is 2. The second kappa shape index (κ2) is 9.30. The van der Waals surface area contributed by atoms with E-state index in [2.05, 4.69) is 51.8 Å². The highest BCUT2D eigenvalue weighted by molar-refractivity contribution is 9.10. The minimum Gasteiger partial charge on any atom is -0.493 e. The number of ether oxygens (including phenoxy) is 1. The van der Waals surface area contributed by atoms with Crippen LogP contribution in [0.2, 0.25) is 0 Å². The molecule has 2 aromatic carbocycles. The molecule has 1 aliphatic heterocycles. The summed E-state index contributed by atoms with van der Waals surface area (Å²) >= 11 is 3.52. The molecule has 2 bridgehead atoms. The van der Waals surface area contributed by atoms with Crippen LogP contribution in [0.4, 0.5) is 5.69 Å². The third-order valence-electron chi connectivity index (χ3n) is 7.52. The molecule has 1 aliphatic carbocycles. The monoisotopic (exact) mass is 552 g/mol. The van der Waals surface area contributed by atoms with E-state index in [0.29, 0.717) is 35.0 Å². The van der Waals surface area contributed by atoms with E-state index in [-0.39, 0.29) is 12.5 Å². The second-order valence-electron chi connectivity index (χ2n) is 11.5. The summed E-state index contributed by atoms with van der Waals surface area (Å²) in [6.07, 6.45) is 3.55. The second-order valence-corrected chi connectivity index (χ2v) is 12.4. The van der Waals surface area contributed by atoms with Crippen molar-refractivity contribution in [3.63, 3.8) is 0 Å². The molecule has 2 atom stereocenters. The molecule has 0 unspecified atom stereocenters. The molecule has 2 aliphatic rings. The van der Waals surface area contributed by atoms with Crippen LogP contribution in [-0.2, 0) is 11.5 Å². The summed E-state index contributed by atoms with van der Waals surface area (Å²) < 4.78 is 8.35. The van der Waals surface area contributed by atoms with Crippen LogP contribution in [0.25, 0.3) is 10.9 Å². The average molecular weight is 554 g/mol. The number of azo groups is 1. The first-order valence-corrected chi connectivity index (χ1v) is 13.2. The van der Waals surface area contributed by atoms with Crippen molar-refractivity contribution in [2.45, 2.75) is 59.7 Å². The van der Waals surface area contributed by atoms with Crippen molar-refractivity contribution in [1.29, 1.82) is 0 Å². The Hall–Kier alpha value is -2.71. The summed E-state index contributed by atoms with van der Waals surface area (Å²) in [6.45, 7) is 10.4. The molecular weight excluding hydrogens is 520 g/mol. The number of hydrogen-bond acceptors (Lipinski definition) is 5. The fraction of sp³-hybridized carbons (Fsp3) is 0.464. The Morgan fingerprint density at radius 1 is 1.19 bits per heavy atom. The molecule has 36 heavy (non-hydrogen) atoms. The first-order valence-electron chi connectivity index (χ1n) is 12.4. The van der Waals surface area contributed by atoms with Gasteiger partial charge in [-0.15, -0.1) is 10.2 Å². The van der Waals surface area contributed by atoms with Gasteiger partial charge in [-0.3, -0.25) is 14.3 Å². The lowest BCUT2D eigenvalue weighted by Gasteiger charge is -2.40. The van der Waals surface area contributed by atoms with E-state index < -0.39 is 5.91 Å². The molecule has 7 nitrogen and oxygen atoms in total. The van der Waals surface area contributed by atoms with Crippen LogP contribution in [0, 0.1) is 17.8 Å². The number of halogens is 1. The maximum atomic E-state index is 12.4. The minimum atomic E-state index is -0.517. The molecule has 190 valence electrons. The van der Waals surface area contributed by atoms with Gasteiger partial charge < -0.3 is 9.84 Å². The number of carbonyl (C=O) groups is 1. The molecular formula is C28H33BrN4O3. The zero-order valence-corrected chi connectivity index (χ0v) is 22.9. The number of rotatable bonds is 6. The first kappa shape index (κ1) is 25.0. The molecule has 2 fully saturated rings. The predicted octanol–water partition coefficient (Wildman–Crippen LogP) is 6.97. The maximum absolute atomic E-state index is 12.4. The van der Waals surface area contributed by atoms with Gasteiger partial charge in [0.15, 0.2) is 12.3 Å². The fourth-order valence-electron chi connectivity index (χ4n) is 6.45. The van der Waals surface area contributed by atoms with Crippen LogP contribution in [0.15, 0.2) is 57.2 Å². The lowest BCUT2D eigenvalue weighted by molar-refractivity contribution is -0.120. The molecule has 2 heterocycles. The summed E-state index contributed by atoms with van der Waals surface area (Å²) in [6, 6.07) is 13.8. The molecule has 1 saturated carbocycles. The smallest absolute Gasteiger partial charge is 0.302 e. The molecule has 1 saturated heterocycles. The molecule has 0 spiro atoms. The van der Waals surface area contributed by atoms with E-state index in [1.807, 2.05) is 54.0 Å². The zero-order chi connectivity index (χ0) is 25.7. The van der Waals surface area contributed by atoms with E-state index in [0.717, 1.165) is 33.9 Å². The maximum Gasteiger partial charge on any atom is 0.302 e. The third-order valence-corrected chi connectivity index (χ3v) is 8.02. The van der Waals surface area contributed by atoms with Gasteiger partial charge in [-0.2, -0.15) is 0 Å². The van der Waals surface area contributed by atoms with Crippen molar-refractivity contribution in [3.8, 4) is 11.6 Å². The van der Waals surface area contributed by atoms with Crippen LogP contribution in [-0.4, -0.2) is 39.7 Å². The summed E-state index contributed by atoms with van der Waals surface area (Å²) in [5, 5.41) is 20.1. The number of aryl methyl sites for hydroxylation is 1. The van der Waals surface area contributed by atoms with Crippen LogP contribution in [0.1, 0.15) is 45.6 Å². The van der Waals surface area contributed by atoms with Crippen molar-refractivity contribution < 1.29 is 14.6 Å². The van der Waals surface area contributed by atoms with E-state index >= 15 is 0 Å². The number of hydrogen-bond donors (Lipinski definition) is 1. The van der Waals surface area contributed by atoms with Crippen LogP contribution in [0.3, 0.4) is 0 Å². The third kappa shape index (κ3) is 4.93. The Kier molecular flexibility index (Phi) is 6.45. The number of aromatic nitrogens is 1. The number of fused-ring (bicyclic) bond motifs is 3. The van der Waals surface area contributed by atoms with Gasteiger partial charge in [0.2, 0.25) is 5.88 Å². The van der Waals surface area contributed by atoms with Gasteiger partial charge in [-0.05, 0) is 66.8 Å². The average Bonchev–Trinajstić information content (AvgIpc) is 3.19. The van der Waals surface area contributed by atoms with Crippen LogP contribution in [0.5, 0.6) is 11.6 Å². The van der Waals surface area contributed by atoms with E-state index in [1.54, 1.807) is 0 Å². The van der Waals surface area contributed by atoms with Crippen molar-refractivity contribution >= 4 is 38.4 Å².